The van der Waals surface area contributed by atoms with Crippen molar-refractivity contribution in [2.45, 2.75) is 88.6 Å². The number of hydrogen-bond acceptors (Lipinski definition) is 7. The lowest BCUT2D eigenvalue weighted by molar-refractivity contribution is -0.175. The Morgan fingerprint density at radius 2 is 1.29 bits per heavy atom. The molecule has 0 aromatic heterocycles. The first kappa shape index (κ1) is 37.8. The highest BCUT2D eigenvalue weighted by Crippen LogP contribution is 2.40. The number of halogens is 4. The molecule has 1 saturated carbocycles. The van der Waals surface area contributed by atoms with E-state index in [1.807, 2.05) is 4.72 Å². The van der Waals surface area contributed by atoms with Crippen LogP contribution in [-0.2, 0) is 24.4 Å². The molecular weight excluding hydrogens is 689 g/mol. The first-order valence-electron chi connectivity index (χ1n) is 15.8. The molecule has 1 aliphatic carbocycles. The summed E-state index contributed by atoms with van der Waals surface area (Å²) in [6.07, 6.45) is -2.89. The van der Waals surface area contributed by atoms with Crippen molar-refractivity contribution in [1.82, 2.24) is 20.3 Å². The van der Waals surface area contributed by atoms with Gasteiger partial charge in [-0.05, 0) is 92.0 Å². The molecule has 2 aromatic rings. The minimum absolute atomic E-state index is 0.00123. The van der Waals surface area contributed by atoms with Gasteiger partial charge in [-0.2, -0.15) is 13.2 Å². The van der Waals surface area contributed by atoms with Crippen LogP contribution in [0.5, 0.6) is 0 Å². The summed E-state index contributed by atoms with van der Waals surface area (Å²) in [5.41, 5.74) is 0.0610. The maximum absolute atomic E-state index is 14.1. The van der Waals surface area contributed by atoms with Crippen molar-refractivity contribution in [3.8, 4) is 0 Å². The zero-order chi connectivity index (χ0) is 36.4. The van der Waals surface area contributed by atoms with Crippen LogP contribution in [0.1, 0.15) is 74.1 Å². The lowest BCUT2D eigenvalue weighted by Gasteiger charge is -2.51. The number of fused-ring (bicyclic) bond motifs is 3. The van der Waals surface area contributed by atoms with Crippen LogP contribution in [0.25, 0.3) is 0 Å². The highest BCUT2D eigenvalue weighted by Gasteiger charge is 2.51. The molecule has 2 bridgehead atoms. The third kappa shape index (κ3) is 8.61. The molecule has 2 saturated heterocycles. The molecule has 3 N–H and O–H groups in total. The number of hydrogen-bond donors (Lipinski definition) is 3. The predicted octanol–water partition coefficient (Wildman–Crippen LogP) is 4.25. The summed E-state index contributed by atoms with van der Waals surface area (Å²) in [6, 6.07) is 5.72. The van der Waals surface area contributed by atoms with E-state index in [2.05, 4.69) is 10.6 Å². The number of nitrogens with zero attached hydrogens (tertiary/aromatic N) is 1. The van der Waals surface area contributed by atoms with Crippen LogP contribution in [0.15, 0.2) is 53.4 Å². The second-order valence-corrected chi connectivity index (χ2v) is 15.1. The molecule has 266 valence electrons. The number of benzene rings is 2. The molecule has 49 heavy (non-hydrogen) atoms. The van der Waals surface area contributed by atoms with Crippen LogP contribution in [0.2, 0.25) is 5.02 Å². The lowest BCUT2D eigenvalue weighted by Crippen LogP contribution is -2.67. The van der Waals surface area contributed by atoms with Gasteiger partial charge in [-0.1, -0.05) is 39.3 Å². The van der Waals surface area contributed by atoms with Gasteiger partial charge in [-0.3, -0.25) is 24.0 Å². The van der Waals surface area contributed by atoms with Gasteiger partial charge < -0.3 is 15.5 Å². The molecule has 11 nitrogen and oxygen atoms in total. The Bertz CT molecular complexity index is 1690. The molecule has 16 heteroatoms. The van der Waals surface area contributed by atoms with E-state index in [1.54, 1.807) is 13.8 Å². The monoisotopic (exact) mass is 726 g/mol. The molecule has 2 heterocycles. The Balaban J connectivity index is 1.50. The molecule has 3 atom stereocenters. The number of sulfonamides is 1. The fourth-order valence-electron chi connectivity index (χ4n) is 6.28. The van der Waals surface area contributed by atoms with E-state index in [-0.39, 0.29) is 21.9 Å². The van der Waals surface area contributed by atoms with Crippen molar-refractivity contribution in [2.24, 2.45) is 17.8 Å². The van der Waals surface area contributed by atoms with E-state index in [0.29, 0.717) is 30.7 Å². The van der Waals surface area contributed by atoms with Gasteiger partial charge in [-0.25, -0.2) is 13.1 Å². The van der Waals surface area contributed by atoms with E-state index in [0.717, 1.165) is 12.1 Å². The second kappa shape index (κ2) is 14.9. The zero-order valence-corrected chi connectivity index (χ0v) is 28.8. The number of carbonyl (C=O) groups is 5. The van der Waals surface area contributed by atoms with Crippen LogP contribution in [-0.4, -0.2) is 73.1 Å². The van der Waals surface area contributed by atoms with E-state index in [1.165, 1.54) is 55.1 Å². The lowest BCUT2D eigenvalue weighted by atomic mass is 9.73. The van der Waals surface area contributed by atoms with E-state index in [4.69, 9.17) is 11.6 Å². The molecule has 3 fully saturated rings. The zero-order valence-electron chi connectivity index (χ0n) is 27.2. The molecule has 4 amide bonds. The molecule has 2 aliphatic heterocycles. The summed E-state index contributed by atoms with van der Waals surface area (Å²) < 4.78 is 67.5. The fraction of sp³-hybridized carbons (Fsp3) is 0.485. The number of carbonyl (C=O) groups excluding carboxylic acids is 5. The molecule has 0 spiro atoms. The Morgan fingerprint density at radius 1 is 0.776 bits per heavy atom. The molecule has 0 radical (unpaired) electrons. The van der Waals surface area contributed by atoms with Crippen molar-refractivity contribution in [2.75, 3.05) is 0 Å². The summed E-state index contributed by atoms with van der Waals surface area (Å²) in [5, 5.41) is 5.30. The Hall–Kier alpha value is -3.98. The highest BCUT2D eigenvalue weighted by molar-refractivity contribution is 7.90. The average Bonchev–Trinajstić information content (AvgIpc) is 3.04. The van der Waals surface area contributed by atoms with Gasteiger partial charge in [-0.15, -0.1) is 0 Å². The minimum atomic E-state index is -5.16. The Morgan fingerprint density at radius 3 is 1.80 bits per heavy atom. The fourth-order valence-corrected chi connectivity index (χ4v) is 7.38. The standard InChI is InChI=1S/C33H38ClF3N4O7S/c1-17(2)25(28(42)33(35,36)37)38-31(45)27-19-7-13-23(14-8-19)41(27)32(46)26(18(3)4)39-29(43)20-9-15-24(16-10-20)49(47,48)40-30(44)21-5-11-22(34)12-6-21/h5-6,9-12,15-19,23,25-27H,7-8,13-14H2,1-4H3,(H,38,45)(H,39,43)(H,40,44)/t19?,23?,25?,26?,27-/m1/s1. The maximum Gasteiger partial charge on any atom is 0.452 e. The van der Waals surface area contributed by atoms with Crippen molar-refractivity contribution in [3.63, 3.8) is 0 Å². The van der Waals surface area contributed by atoms with E-state index < -0.39 is 81.6 Å². The minimum Gasteiger partial charge on any atom is -0.344 e. The molecule has 3 aliphatic rings. The third-order valence-corrected chi connectivity index (χ3v) is 10.5. The second-order valence-electron chi connectivity index (χ2n) is 13.0. The quantitative estimate of drug-likeness (QED) is 0.312. The number of piperidine rings is 2. The van der Waals surface area contributed by atoms with E-state index >= 15 is 0 Å². The Labute approximate surface area is 287 Å². The summed E-state index contributed by atoms with van der Waals surface area (Å²) >= 11 is 5.81. The van der Waals surface area contributed by atoms with Crippen LogP contribution in [0.4, 0.5) is 13.2 Å². The summed E-state index contributed by atoms with van der Waals surface area (Å²) in [7, 11) is -4.32. The van der Waals surface area contributed by atoms with Gasteiger partial charge in [0.2, 0.25) is 11.8 Å². The number of rotatable bonds is 11. The van der Waals surface area contributed by atoms with Gasteiger partial charge in [0.15, 0.2) is 0 Å². The third-order valence-electron chi connectivity index (χ3n) is 8.91. The molecule has 5 rings (SSSR count). The normalized spacial score (nSPS) is 20.4. The maximum atomic E-state index is 14.1. The first-order valence-corrected chi connectivity index (χ1v) is 17.6. The topological polar surface area (TPSA) is 159 Å². The van der Waals surface area contributed by atoms with Crippen LogP contribution < -0.4 is 15.4 Å². The largest absolute Gasteiger partial charge is 0.452 e. The van der Waals surface area contributed by atoms with Crippen LogP contribution >= 0.6 is 11.6 Å². The van der Waals surface area contributed by atoms with E-state index in [9.17, 15) is 45.6 Å². The SMILES string of the molecule is CC(C)C(NC(=O)c1ccc(S(=O)(=O)NC(=O)c2ccc(Cl)cc2)cc1)C(=O)N1C2CCC(CC2)[C@@H]1C(=O)NC(C(=O)C(F)(F)F)C(C)C. The predicted molar refractivity (Wildman–Crippen MR) is 173 cm³/mol. The Kier molecular flexibility index (Phi) is 11.5. The molecule has 2 unspecified atom stereocenters. The van der Waals surface area contributed by atoms with Crippen molar-refractivity contribution < 1.29 is 45.6 Å². The van der Waals surface area contributed by atoms with Crippen LogP contribution in [0.3, 0.4) is 0 Å². The average molecular weight is 727 g/mol. The van der Waals surface area contributed by atoms with Crippen molar-refractivity contribution >= 4 is 51.0 Å². The van der Waals surface area contributed by atoms with Gasteiger partial charge in [0.25, 0.3) is 27.6 Å². The highest BCUT2D eigenvalue weighted by atomic mass is 35.5. The van der Waals surface area contributed by atoms with Gasteiger partial charge >= 0.3 is 6.18 Å². The van der Waals surface area contributed by atoms with Gasteiger partial charge in [0, 0.05) is 22.2 Å². The molecule has 2 aromatic carbocycles. The van der Waals surface area contributed by atoms with Crippen molar-refractivity contribution in [1.29, 1.82) is 0 Å². The van der Waals surface area contributed by atoms with Gasteiger partial charge in [0.1, 0.15) is 12.1 Å². The molecular formula is C33H38ClF3N4O7S. The number of amides is 4. The number of ketones is 1. The number of Topliss-reactive ketones (excluding diaryl/α,β-unsaturated/α-hetero) is 1. The smallest absolute Gasteiger partial charge is 0.344 e. The number of alkyl halides is 3. The first-order chi connectivity index (χ1) is 22.8. The summed E-state index contributed by atoms with van der Waals surface area (Å²) in [5.74, 6) is -6.84. The summed E-state index contributed by atoms with van der Waals surface area (Å²) in [4.78, 5) is 66.6. The number of nitrogens with one attached hydrogen (secondary N) is 3. The van der Waals surface area contributed by atoms with Gasteiger partial charge in [0.05, 0.1) is 10.9 Å². The van der Waals surface area contributed by atoms with Crippen molar-refractivity contribution in [3.05, 3.63) is 64.7 Å². The summed E-state index contributed by atoms with van der Waals surface area (Å²) in [6.45, 7) is 6.12. The van der Waals surface area contributed by atoms with Crippen LogP contribution in [0, 0.1) is 17.8 Å².